The summed E-state index contributed by atoms with van der Waals surface area (Å²) in [6, 6.07) is 5.20. The van der Waals surface area contributed by atoms with Crippen molar-refractivity contribution in [2.45, 2.75) is 39.1 Å². The summed E-state index contributed by atoms with van der Waals surface area (Å²) in [7, 11) is 1.56. The van der Waals surface area contributed by atoms with Crippen LogP contribution in [0.5, 0.6) is 11.5 Å². The van der Waals surface area contributed by atoms with Crippen LogP contribution in [0.1, 0.15) is 32.4 Å². The number of hydrogen-bond donors (Lipinski definition) is 2. The van der Waals surface area contributed by atoms with Crippen LogP contribution in [0.3, 0.4) is 0 Å². The van der Waals surface area contributed by atoms with Crippen LogP contribution in [-0.2, 0) is 4.74 Å². The van der Waals surface area contributed by atoms with Crippen molar-refractivity contribution in [3.63, 3.8) is 0 Å². The molecular formula is C15H24O5. The monoisotopic (exact) mass is 284 g/mol. The maximum Gasteiger partial charge on any atom is 0.128 e. The standard InChI is InChI=1S/C15H24O5/c1-10(2)19-8-12(17)9-20-15-7-13(18-4)5-6-14(15)11(3)16/h5-7,10-12,16-17H,8-9H2,1-4H3/t11-,12?/m0/s1. The van der Waals surface area contributed by atoms with Crippen molar-refractivity contribution in [1.82, 2.24) is 0 Å². The Morgan fingerprint density at radius 1 is 1.10 bits per heavy atom. The van der Waals surface area contributed by atoms with Gasteiger partial charge in [-0.15, -0.1) is 0 Å². The maximum absolute atomic E-state index is 9.77. The molecule has 5 heteroatoms. The van der Waals surface area contributed by atoms with E-state index in [1.165, 1.54) is 0 Å². The Morgan fingerprint density at radius 2 is 1.80 bits per heavy atom. The van der Waals surface area contributed by atoms with Crippen molar-refractivity contribution in [2.75, 3.05) is 20.3 Å². The first kappa shape index (κ1) is 16.8. The van der Waals surface area contributed by atoms with Crippen LogP contribution in [0.4, 0.5) is 0 Å². The highest BCUT2D eigenvalue weighted by molar-refractivity contribution is 5.41. The van der Waals surface area contributed by atoms with Gasteiger partial charge < -0.3 is 24.4 Å². The first-order valence-electron chi connectivity index (χ1n) is 6.72. The van der Waals surface area contributed by atoms with Crippen molar-refractivity contribution in [2.24, 2.45) is 0 Å². The normalized spacial score (nSPS) is 14.2. The van der Waals surface area contributed by atoms with Gasteiger partial charge in [-0.1, -0.05) is 0 Å². The molecule has 0 spiro atoms. The molecule has 0 heterocycles. The van der Waals surface area contributed by atoms with Gasteiger partial charge in [-0.05, 0) is 32.9 Å². The van der Waals surface area contributed by atoms with Crippen LogP contribution in [0.25, 0.3) is 0 Å². The average molecular weight is 284 g/mol. The molecule has 0 saturated heterocycles. The van der Waals surface area contributed by atoms with Gasteiger partial charge in [0.05, 0.1) is 25.9 Å². The van der Waals surface area contributed by atoms with Gasteiger partial charge in [0.25, 0.3) is 0 Å². The van der Waals surface area contributed by atoms with Crippen molar-refractivity contribution in [1.29, 1.82) is 0 Å². The molecular weight excluding hydrogens is 260 g/mol. The van der Waals surface area contributed by atoms with Crippen molar-refractivity contribution >= 4 is 0 Å². The number of ether oxygens (including phenoxy) is 3. The van der Waals surface area contributed by atoms with Gasteiger partial charge in [0, 0.05) is 11.6 Å². The minimum atomic E-state index is -0.717. The second kappa shape index (κ2) is 8.09. The molecule has 2 atom stereocenters. The van der Waals surface area contributed by atoms with Gasteiger partial charge >= 0.3 is 0 Å². The van der Waals surface area contributed by atoms with E-state index in [1.807, 2.05) is 13.8 Å². The zero-order valence-corrected chi connectivity index (χ0v) is 12.5. The zero-order chi connectivity index (χ0) is 15.1. The Bertz CT molecular complexity index is 403. The van der Waals surface area contributed by atoms with E-state index in [2.05, 4.69) is 0 Å². The Labute approximate surface area is 120 Å². The Balaban J connectivity index is 2.65. The Hall–Kier alpha value is -1.30. The number of aliphatic hydroxyl groups excluding tert-OH is 2. The molecule has 0 radical (unpaired) electrons. The molecule has 20 heavy (non-hydrogen) atoms. The fourth-order valence-corrected chi connectivity index (χ4v) is 1.65. The largest absolute Gasteiger partial charge is 0.497 e. The average Bonchev–Trinajstić information content (AvgIpc) is 2.42. The minimum Gasteiger partial charge on any atom is -0.497 e. The second-order valence-corrected chi connectivity index (χ2v) is 4.93. The molecule has 0 aliphatic carbocycles. The number of methoxy groups -OCH3 is 1. The summed E-state index contributed by atoms with van der Waals surface area (Å²) in [6.45, 7) is 5.78. The topological polar surface area (TPSA) is 68.2 Å². The zero-order valence-electron chi connectivity index (χ0n) is 12.5. The first-order chi connectivity index (χ1) is 9.43. The molecule has 0 aliphatic rings. The van der Waals surface area contributed by atoms with Crippen LogP contribution in [0, 0.1) is 0 Å². The predicted molar refractivity (Wildman–Crippen MR) is 76.2 cm³/mol. The molecule has 2 N–H and O–H groups in total. The second-order valence-electron chi connectivity index (χ2n) is 4.93. The summed E-state index contributed by atoms with van der Waals surface area (Å²) in [5, 5.41) is 19.5. The molecule has 0 aliphatic heterocycles. The fraction of sp³-hybridized carbons (Fsp3) is 0.600. The molecule has 0 bridgehead atoms. The van der Waals surface area contributed by atoms with E-state index in [4.69, 9.17) is 14.2 Å². The van der Waals surface area contributed by atoms with E-state index in [-0.39, 0.29) is 19.3 Å². The molecule has 0 aromatic heterocycles. The minimum absolute atomic E-state index is 0.0643. The van der Waals surface area contributed by atoms with Crippen LogP contribution in [-0.4, -0.2) is 42.7 Å². The molecule has 0 fully saturated rings. The van der Waals surface area contributed by atoms with Gasteiger partial charge in [0.1, 0.15) is 24.2 Å². The molecule has 1 aromatic rings. The highest BCUT2D eigenvalue weighted by Crippen LogP contribution is 2.29. The predicted octanol–water partition coefficient (Wildman–Crippen LogP) is 1.91. The molecule has 1 aromatic carbocycles. The van der Waals surface area contributed by atoms with Crippen LogP contribution in [0.2, 0.25) is 0 Å². The lowest BCUT2D eigenvalue weighted by molar-refractivity contribution is -0.0126. The third-order valence-corrected chi connectivity index (χ3v) is 2.72. The van der Waals surface area contributed by atoms with Crippen molar-refractivity contribution in [3.8, 4) is 11.5 Å². The molecule has 1 unspecified atom stereocenters. The molecule has 0 saturated carbocycles. The van der Waals surface area contributed by atoms with Gasteiger partial charge in [0.2, 0.25) is 0 Å². The van der Waals surface area contributed by atoms with E-state index in [0.717, 1.165) is 0 Å². The Kier molecular flexibility index (Phi) is 6.78. The number of rotatable bonds is 8. The van der Waals surface area contributed by atoms with Crippen LogP contribution in [0.15, 0.2) is 18.2 Å². The van der Waals surface area contributed by atoms with Gasteiger partial charge in [-0.2, -0.15) is 0 Å². The lowest BCUT2D eigenvalue weighted by atomic mass is 10.1. The van der Waals surface area contributed by atoms with Crippen molar-refractivity contribution in [3.05, 3.63) is 23.8 Å². The van der Waals surface area contributed by atoms with E-state index in [1.54, 1.807) is 32.2 Å². The summed E-state index contributed by atoms with van der Waals surface area (Å²) in [4.78, 5) is 0. The third kappa shape index (κ3) is 5.36. The Morgan fingerprint density at radius 3 is 2.35 bits per heavy atom. The highest BCUT2D eigenvalue weighted by Gasteiger charge is 2.13. The van der Waals surface area contributed by atoms with Gasteiger partial charge in [-0.25, -0.2) is 0 Å². The lowest BCUT2D eigenvalue weighted by Crippen LogP contribution is -2.25. The smallest absolute Gasteiger partial charge is 0.128 e. The summed E-state index contributed by atoms with van der Waals surface area (Å²) in [6.07, 6.45) is -1.31. The summed E-state index contributed by atoms with van der Waals surface area (Å²) in [5.74, 6) is 1.14. The maximum atomic E-state index is 9.77. The summed E-state index contributed by atoms with van der Waals surface area (Å²) in [5.41, 5.74) is 0.655. The third-order valence-electron chi connectivity index (χ3n) is 2.72. The van der Waals surface area contributed by atoms with E-state index in [9.17, 15) is 10.2 Å². The fourth-order valence-electron chi connectivity index (χ4n) is 1.65. The van der Waals surface area contributed by atoms with E-state index >= 15 is 0 Å². The van der Waals surface area contributed by atoms with E-state index < -0.39 is 12.2 Å². The van der Waals surface area contributed by atoms with E-state index in [0.29, 0.717) is 17.1 Å². The van der Waals surface area contributed by atoms with Gasteiger partial charge in [0.15, 0.2) is 0 Å². The van der Waals surface area contributed by atoms with Gasteiger partial charge in [-0.3, -0.25) is 0 Å². The summed E-state index contributed by atoms with van der Waals surface area (Å²) < 4.78 is 16.0. The highest BCUT2D eigenvalue weighted by atomic mass is 16.5. The van der Waals surface area contributed by atoms with Crippen LogP contribution < -0.4 is 9.47 Å². The number of benzene rings is 1. The SMILES string of the molecule is COc1ccc([C@H](C)O)c(OCC(O)COC(C)C)c1. The quantitative estimate of drug-likeness (QED) is 0.763. The number of hydrogen-bond acceptors (Lipinski definition) is 5. The summed E-state index contributed by atoms with van der Waals surface area (Å²) >= 11 is 0. The lowest BCUT2D eigenvalue weighted by Gasteiger charge is -2.18. The molecule has 1 rings (SSSR count). The molecule has 114 valence electrons. The van der Waals surface area contributed by atoms with Crippen molar-refractivity contribution < 1.29 is 24.4 Å². The van der Waals surface area contributed by atoms with Crippen LogP contribution >= 0.6 is 0 Å². The molecule has 5 nitrogen and oxygen atoms in total. The molecule has 0 amide bonds. The number of aliphatic hydroxyl groups is 2. The first-order valence-corrected chi connectivity index (χ1v) is 6.72.